The van der Waals surface area contributed by atoms with Crippen molar-refractivity contribution in [2.75, 3.05) is 0 Å². The lowest BCUT2D eigenvalue weighted by atomic mass is 10.1. The SMILES string of the molecule is FC(F)(F)c1cc(-c2cnc3ccccc3c2)nc(Cl)n1. The first-order valence-electron chi connectivity index (χ1n) is 5.90. The number of pyridine rings is 1. The molecule has 0 atom stereocenters. The zero-order valence-corrected chi connectivity index (χ0v) is 11.2. The van der Waals surface area contributed by atoms with Crippen LogP contribution in [-0.4, -0.2) is 15.0 Å². The molecule has 7 heteroatoms. The van der Waals surface area contributed by atoms with E-state index in [1.807, 2.05) is 24.3 Å². The second-order valence-corrected chi connectivity index (χ2v) is 4.66. The lowest BCUT2D eigenvalue weighted by Gasteiger charge is -2.08. The van der Waals surface area contributed by atoms with Crippen LogP contribution in [0.4, 0.5) is 13.2 Å². The first-order chi connectivity index (χ1) is 9.93. The molecule has 0 aliphatic rings. The molecule has 3 rings (SSSR count). The third-order valence-corrected chi connectivity index (χ3v) is 3.04. The molecule has 2 heterocycles. The molecule has 0 radical (unpaired) electrons. The quantitative estimate of drug-likeness (QED) is 0.627. The highest BCUT2D eigenvalue weighted by Gasteiger charge is 2.33. The molecule has 0 bridgehead atoms. The zero-order valence-electron chi connectivity index (χ0n) is 10.4. The van der Waals surface area contributed by atoms with Gasteiger partial charge in [0.05, 0.1) is 11.2 Å². The number of fused-ring (bicyclic) bond motifs is 1. The highest BCUT2D eigenvalue weighted by molar-refractivity contribution is 6.28. The lowest BCUT2D eigenvalue weighted by molar-refractivity contribution is -0.141. The molecule has 0 unspecified atom stereocenters. The predicted octanol–water partition coefficient (Wildman–Crippen LogP) is 4.36. The molecule has 3 nitrogen and oxygen atoms in total. The van der Waals surface area contributed by atoms with Crippen molar-refractivity contribution < 1.29 is 13.2 Å². The summed E-state index contributed by atoms with van der Waals surface area (Å²) in [5.74, 6) is 0. The summed E-state index contributed by atoms with van der Waals surface area (Å²) in [6.07, 6.45) is -3.12. The number of benzene rings is 1. The molecule has 0 fully saturated rings. The zero-order chi connectivity index (χ0) is 15.0. The first-order valence-corrected chi connectivity index (χ1v) is 6.28. The number of para-hydroxylation sites is 1. The summed E-state index contributed by atoms with van der Waals surface area (Å²) >= 11 is 5.58. The molecule has 0 amide bonds. The van der Waals surface area contributed by atoms with Gasteiger partial charge in [0.15, 0.2) is 0 Å². The van der Waals surface area contributed by atoms with E-state index in [9.17, 15) is 13.2 Å². The Morgan fingerprint density at radius 1 is 1.00 bits per heavy atom. The number of aromatic nitrogens is 3. The van der Waals surface area contributed by atoms with E-state index in [1.165, 1.54) is 6.20 Å². The molecule has 21 heavy (non-hydrogen) atoms. The van der Waals surface area contributed by atoms with Gasteiger partial charge < -0.3 is 0 Å². The van der Waals surface area contributed by atoms with Crippen molar-refractivity contribution >= 4 is 22.5 Å². The lowest BCUT2D eigenvalue weighted by Crippen LogP contribution is -2.09. The smallest absolute Gasteiger partial charge is 0.256 e. The Bertz CT molecular complexity index is 818. The van der Waals surface area contributed by atoms with Gasteiger partial charge in [-0.3, -0.25) is 4.98 Å². The van der Waals surface area contributed by atoms with Gasteiger partial charge in [-0.2, -0.15) is 13.2 Å². The molecule has 0 aliphatic heterocycles. The van der Waals surface area contributed by atoms with Crippen LogP contribution in [0, 0.1) is 0 Å². The molecule has 0 saturated heterocycles. The van der Waals surface area contributed by atoms with Crippen LogP contribution < -0.4 is 0 Å². The van der Waals surface area contributed by atoms with Crippen LogP contribution in [0.1, 0.15) is 5.69 Å². The van der Waals surface area contributed by atoms with E-state index in [0.717, 1.165) is 17.0 Å². The summed E-state index contributed by atoms with van der Waals surface area (Å²) in [6, 6.07) is 9.85. The van der Waals surface area contributed by atoms with Crippen LogP contribution >= 0.6 is 11.6 Å². The second-order valence-electron chi connectivity index (χ2n) is 4.32. The van der Waals surface area contributed by atoms with Crippen molar-refractivity contribution in [2.45, 2.75) is 6.18 Å². The molecule has 0 aliphatic carbocycles. The molecule has 0 N–H and O–H groups in total. The fraction of sp³-hybridized carbons (Fsp3) is 0.0714. The van der Waals surface area contributed by atoms with Gasteiger partial charge in [-0.1, -0.05) is 18.2 Å². The topological polar surface area (TPSA) is 38.7 Å². The van der Waals surface area contributed by atoms with Gasteiger partial charge in [0.1, 0.15) is 5.69 Å². The second kappa shape index (κ2) is 4.96. The highest BCUT2D eigenvalue weighted by Crippen LogP contribution is 2.31. The Balaban J connectivity index is 2.16. The molecular formula is C14H7ClF3N3. The van der Waals surface area contributed by atoms with Crippen molar-refractivity contribution in [1.82, 2.24) is 15.0 Å². The summed E-state index contributed by atoms with van der Waals surface area (Å²) < 4.78 is 38.3. The average molecular weight is 310 g/mol. The Labute approximate surface area is 122 Å². The van der Waals surface area contributed by atoms with Gasteiger partial charge in [0, 0.05) is 17.1 Å². The van der Waals surface area contributed by atoms with Gasteiger partial charge in [-0.25, -0.2) is 9.97 Å². The van der Waals surface area contributed by atoms with Gasteiger partial charge in [0.2, 0.25) is 5.28 Å². The minimum Gasteiger partial charge on any atom is -0.256 e. The number of hydrogen-bond acceptors (Lipinski definition) is 3. The van der Waals surface area contributed by atoms with Crippen molar-refractivity contribution in [3.63, 3.8) is 0 Å². The van der Waals surface area contributed by atoms with E-state index in [4.69, 9.17) is 11.6 Å². The Kier molecular flexibility index (Phi) is 3.25. The fourth-order valence-electron chi connectivity index (χ4n) is 1.92. The van der Waals surface area contributed by atoms with Crippen LogP contribution in [0.5, 0.6) is 0 Å². The molecule has 0 saturated carbocycles. The summed E-state index contributed by atoms with van der Waals surface area (Å²) in [5.41, 5.74) is 0.201. The first kappa shape index (κ1) is 13.8. The number of alkyl halides is 3. The normalized spacial score (nSPS) is 11.8. The van der Waals surface area contributed by atoms with E-state index in [2.05, 4.69) is 15.0 Å². The maximum atomic E-state index is 12.8. The Hall–Kier alpha value is -2.21. The summed E-state index contributed by atoms with van der Waals surface area (Å²) in [6.45, 7) is 0. The van der Waals surface area contributed by atoms with Gasteiger partial charge >= 0.3 is 6.18 Å². The van der Waals surface area contributed by atoms with Crippen molar-refractivity contribution in [2.24, 2.45) is 0 Å². The minimum absolute atomic E-state index is 0.0839. The molecule has 106 valence electrons. The van der Waals surface area contributed by atoms with Gasteiger partial charge in [-0.05, 0) is 29.8 Å². The number of hydrogen-bond donors (Lipinski definition) is 0. The predicted molar refractivity (Wildman–Crippen MR) is 72.8 cm³/mol. The summed E-state index contributed by atoms with van der Waals surface area (Å²) in [7, 11) is 0. The maximum Gasteiger partial charge on any atom is 0.433 e. The van der Waals surface area contributed by atoms with E-state index in [0.29, 0.717) is 5.56 Å². The Morgan fingerprint density at radius 2 is 1.76 bits per heavy atom. The number of halogens is 4. The molecular weight excluding hydrogens is 303 g/mol. The molecule has 1 aromatic carbocycles. The van der Waals surface area contributed by atoms with Crippen LogP contribution in [0.3, 0.4) is 0 Å². The third kappa shape index (κ3) is 2.80. The Morgan fingerprint density at radius 3 is 2.52 bits per heavy atom. The highest BCUT2D eigenvalue weighted by atomic mass is 35.5. The monoisotopic (exact) mass is 309 g/mol. The largest absolute Gasteiger partial charge is 0.433 e. The van der Waals surface area contributed by atoms with Crippen molar-refractivity contribution in [3.05, 3.63) is 53.6 Å². The van der Waals surface area contributed by atoms with Crippen LogP contribution in [-0.2, 0) is 6.18 Å². The summed E-state index contributed by atoms with van der Waals surface area (Å²) in [5, 5.41) is 0.353. The maximum absolute atomic E-state index is 12.8. The molecule has 3 aromatic rings. The van der Waals surface area contributed by atoms with Crippen molar-refractivity contribution in [1.29, 1.82) is 0 Å². The molecule has 0 spiro atoms. The van der Waals surface area contributed by atoms with Gasteiger partial charge in [-0.15, -0.1) is 0 Å². The van der Waals surface area contributed by atoms with Gasteiger partial charge in [0.25, 0.3) is 0 Å². The minimum atomic E-state index is -4.58. The number of nitrogens with zero attached hydrogens (tertiary/aromatic N) is 3. The van der Waals surface area contributed by atoms with Crippen LogP contribution in [0.25, 0.3) is 22.2 Å². The number of rotatable bonds is 1. The van der Waals surface area contributed by atoms with E-state index < -0.39 is 17.2 Å². The average Bonchev–Trinajstić information content (AvgIpc) is 2.45. The van der Waals surface area contributed by atoms with E-state index >= 15 is 0 Å². The molecule has 2 aromatic heterocycles. The fourth-order valence-corrected chi connectivity index (χ4v) is 2.10. The van der Waals surface area contributed by atoms with Crippen LogP contribution in [0.15, 0.2) is 42.6 Å². The van der Waals surface area contributed by atoms with E-state index in [1.54, 1.807) is 6.07 Å². The van der Waals surface area contributed by atoms with Crippen molar-refractivity contribution in [3.8, 4) is 11.3 Å². The van der Waals surface area contributed by atoms with E-state index in [-0.39, 0.29) is 5.69 Å². The third-order valence-electron chi connectivity index (χ3n) is 2.88. The summed E-state index contributed by atoms with van der Waals surface area (Å²) in [4.78, 5) is 11.2. The van der Waals surface area contributed by atoms with Crippen LogP contribution in [0.2, 0.25) is 5.28 Å². The standard InChI is InChI=1S/C14H7ClF3N3/c15-13-20-11(6-12(21-13)14(16,17)18)9-5-8-3-1-2-4-10(8)19-7-9/h1-7H.